The molecule has 0 atom stereocenters. The van der Waals surface area contributed by atoms with Gasteiger partial charge in [-0.15, -0.1) is 0 Å². The van der Waals surface area contributed by atoms with E-state index in [2.05, 4.69) is 21.6 Å². The molecule has 5 heteroatoms. The zero-order valence-corrected chi connectivity index (χ0v) is 7.79. The number of hydrogen-bond donors (Lipinski definition) is 2. The lowest BCUT2D eigenvalue weighted by atomic mass is 10.2. The average molecular weight is 192 g/mol. The molecule has 1 heterocycles. The van der Waals surface area contributed by atoms with E-state index in [1.807, 2.05) is 0 Å². The van der Waals surface area contributed by atoms with Crippen molar-refractivity contribution in [2.45, 2.75) is 19.3 Å². The van der Waals surface area contributed by atoms with Crippen LogP contribution in [0.25, 0.3) is 0 Å². The summed E-state index contributed by atoms with van der Waals surface area (Å²) in [6.45, 7) is 0.597. The quantitative estimate of drug-likeness (QED) is 0.678. The van der Waals surface area contributed by atoms with E-state index < -0.39 is 0 Å². The third kappa shape index (κ3) is 3.27. The molecule has 0 bridgehead atoms. The molecule has 0 saturated heterocycles. The first-order valence-corrected chi connectivity index (χ1v) is 4.49. The number of H-pyrrole nitrogens is 1. The van der Waals surface area contributed by atoms with Crippen molar-refractivity contribution < 1.29 is 4.79 Å². The molecule has 0 aliphatic heterocycles. The molecule has 1 aromatic heterocycles. The third-order valence-corrected chi connectivity index (χ3v) is 1.75. The highest BCUT2D eigenvalue weighted by atomic mass is 16.1. The van der Waals surface area contributed by atoms with Crippen molar-refractivity contribution in [3.63, 3.8) is 0 Å². The van der Waals surface area contributed by atoms with E-state index in [4.69, 9.17) is 5.26 Å². The number of carbonyl (C=O) groups excluding carboxylic acids is 1. The van der Waals surface area contributed by atoms with Gasteiger partial charge in [-0.2, -0.15) is 10.4 Å². The first-order valence-electron chi connectivity index (χ1n) is 4.49. The Morgan fingerprint density at radius 2 is 2.50 bits per heavy atom. The maximum absolute atomic E-state index is 11.3. The van der Waals surface area contributed by atoms with Gasteiger partial charge in [-0.3, -0.25) is 9.89 Å². The molecule has 5 nitrogen and oxygen atoms in total. The Labute approximate surface area is 82.1 Å². The molecule has 0 aromatic carbocycles. The van der Waals surface area contributed by atoms with Gasteiger partial charge in [0.05, 0.1) is 6.07 Å². The number of aromatic amines is 1. The fourth-order valence-corrected chi connectivity index (χ4v) is 1.01. The topological polar surface area (TPSA) is 81.6 Å². The van der Waals surface area contributed by atoms with Crippen LogP contribution < -0.4 is 5.32 Å². The minimum atomic E-state index is -0.153. The molecule has 0 unspecified atom stereocenters. The van der Waals surface area contributed by atoms with Crippen LogP contribution in [-0.2, 0) is 0 Å². The summed E-state index contributed by atoms with van der Waals surface area (Å²) in [5, 5.41) is 17.2. The van der Waals surface area contributed by atoms with E-state index in [1.54, 1.807) is 6.07 Å². The fourth-order valence-electron chi connectivity index (χ4n) is 1.01. The van der Waals surface area contributed by atoms with Gasteiger partial charge >= 0.3 is 0 Å². The van der Waals surface area contributed by atoms with E-state index in [0.717, 1.165) is 12.8 Å². The molecule has 0 aliphatic rings. The average Bonchev–Trinajstić information content (AvgIpc) is 2.70. The second-order valence-corrected chi connectivity index (χ2v) is 2.84. The standard InChI is InChI=1S/C9H12N4O/c10-5-2-1-3-6-11-9(14)8-4-7-12-13-8/h4,7H,1-3,6H2,(H,11,14)(H,12,13). The van der Waals surface area contributed by atoms with Crippen molar-refractivity contribution in [1.29, 1.82) is 5.26 Å². The minimum absolute atomic E-state index is 0.153. The maximum atomic E-state index is 11.3. The maximum Gasteiger partial charge on any atom is 0.269 e. The smallest absolute Gasteiger partial charge is 0.269 e. The summed E-state index contributed by atoms with van der Waals surface area (Å²) >= 11 is 0. The van der Waals surface area contributed by atoms with E-state index in [1.165, 1.54) is 6.20 Å². The lowest BCUT2D eigenvalue weighted by molar-refractivity contribution is 0.0948. The first-order chi connectivity index (χ1) is 6.84. The van der Waals surface area contributed by atoms with E-state index in [9.17, 15) is 4.79 Å². The minimum Gasteiger partial charge on any atom is -0.351 e. The molecular weight excluding hydrogens is 180 g/mol. The van der Waals surface area contributed by atoms with Gasteiger partial charge in [-0.1, -0.05) is 0 Å². The number of carbonyl (C=O) groups is 1. The number of rotatable bonds is 5. The highest BCUT2D eigenvalue weighted by molar-refractivity contribution is 5.91. The predicted molar refractivity (Wildman–Crippen MR) is 50.4 cm³/mol. The van der Waals surface area contributed by atoms with E-state index in [0.29, 0.717) is 18.7 Å². The lowest BCUT2D eigenvalue weighted by Gasteiger charge is -2.01. The van der Waals surface area contributed by atoms with Crippen molar-refractivity contribution in [2.24, 2.45) is 0 Å². The van der Waals surface area contributed by atoms with Gasteiger partial charge < -0.3 is 5.32 Å². The van der Waals surface area contributed by atoms with Crippen LogP contribution in [0.2, 0.25) is 0 Å². The van der Waals surface area contributed by atoms with Gasteiger partial charge in [0.1, 0.15) is 5.69 Å². The summed E-state index contributed by atoms with van der Waals surface area (Å²) in [7, 11) is 0. The van der Waals surface area contributed by atoms with Gasteiger partial charge in [0, 0.05) is 19.2 Å². The van der Waals surface area contributed by atoms with E-state index in [-0.39, 0.29) is 5.91 Å². The molecule has 14 heavy (non-hydrogen) atoms. The molecule has 74 valence electrons. The zero-order chi connectivity index (χ0) is 10.2. The Hall–Kier alpha value is -1.83. The fraction of sp³-hybridized carbons (Fsp3) is 0.444. The molecule has 0 saturated carbocycles. The van der Waals surface area contributed by atoms with Crippen LogP contribution in [0.1, 0.15) is 29.8 Å². The highest BCUT2D eigenvalue weighted by Gasteiger charge is 2.04. The number of nitrogens with one attached hydrogen (secondary N) is 2. The number of hydrogen-bond acceptors (Lipinski definition) is 3. The lowest BCUT2D eigenvalue weighted by Crippen LogP contribution is -2.24. The third-order valence-electron chi connectivity index (χ3n) is 1.75. The molecule has 1 rings (SSSR count). The molecule has 0 aliphatic carbocycles. The van der Waals surface area contributed by atoms with Crippen LogP contribution in [0.4, 0.5) is 0 Å². The number of aromatic nitrogens is 2. The van der Waals surface area contributed by atoms with Crippen LogP contribution in [0.3, 0.4) is 0 Å². The highest BCUT2D eigenvalue weighted by Crippen LogP contribution is 1.94. The van der Waals surface area contributed by atoms with Gasteiger partial charge in [0.15, 0.2) is 0 Å². The Balaban J connectivity index is 2.14. The second kappa shape index (κ2) is 5.75. The van der Waals surface area contributed by atoms with Crippen LogP contribution >= 0.6 is 0 Å². The summed E-state index contributed by atoms with van der Waals surface area (Å²) in [5.74, 6) is -0.153. The van der Waals surface area contributed by atoms with Gasteiger partial charge in [0.25, 0.3) is 5.91 Å². The molecular formula is C9H12N4O. The zero-order valence-electron chi connectivity index (χ0n) is 7.79. The van der Waals surface area contributed by atoms with Crippen molar-refractivity contribution in [2.75, 3.05) is 6.54 Å². The van der Waals surface area contributed by atoms with Crippen molar-refractivity contribution in [1.82, 2.24) is 15.5 Å². The van der Waals surface area contributed by atoms with E-state index >= 15 is 0 Å². The summed E-state index contributed by atoms with van der Waals surface area (Å²) < 4.78 is 0. The Morgan fingerprint density at radius 1 is 1.64 bits per heavy atom. The van der Waals surface area contributed by atoms with Gasteiger partial charge in [-0.05, 0) is 18.9 Å². The number of nitriles is 1. The predicted octanol–water partition coefficient (Wildman–Crippen LogP) is 0.833. The Morgan fingerprint density at radius 3 is 3.14 bits per heavy atom. The van der Waals surface area contributed by atoms with Crippen molar-refractivity contribution >= 4 is 5.91 Å². The van der Waals surface area contributed by atoms with Crippen LogP contribution in [0.5, 0.6) is 0 Å². The largest absolute Gasteiger partial charge is 0.351 e. The van der Waals surface area contributed by atoms with Crippen LogP contribution in [0.15, 0.2) is 12.3 Å². The number of nitrogens with zero attached hydrogens (tertiary/aromatic N) is 2. The monoisotopic (exact) mass is 192 g/mol. The summed E-state index contributed by atoms with van der Waals surface area (Å²) in [6.07, 6.45) is 3.72. The normalized spacial score (nSPS) is 9.36. The van der Waals surface area contributed by atoms with Crippen molar-refractivity contribution in [3.8, 4) is 6.07 Å². The first kappa shape index (κ1) is 10.3. The molecule has 0 fully saturated rings. The van der Waals surface area contributed by atoms with Crippen LogP contribution in [-0.4, -0.2) is 22.6 Å². The molecule has 0 spiro atoms. The number of unbranched alkanes of at least 4 members (excludes halogenated alkanes) is 2. The van der Waals surface area contributed by atoms with Gasteiger partial charge in [0.2, 0.25) is 0 Å². The SMILES string of the molecule is N#CCCCCNC(=O)c1ccn[nH]1. The summed E-state index contributed by atoms with van der Waals surface area (Å²) in [5.41, 5.74) is 0.463. The second-order valence-electron chi connectivity index (χ2n) is 2.84. The summed E-state index contributed by atoms with van der Waals surface area (Å²) in [4.78, 5) is 11.3. The molecule has 1 amide bonds. The van der Waals surface area contributed by atoms with Crippen LogP contribution in [0, 0.1) is 11.3 Å². The summed E-state index contributed by atoms with van der Waals surface area (Å²) in [6, 6.07) is 3.67. The number of amides is 1. The Kier molecular flexibility index (Phi) is 4.21. The molecule has 0 radical (unpaired) electrons. The van der Waals surface area contributed by atoms with Crippen molar-refractivity contribution in [3.05, 3.63) is 18.0 Å². The molecule has 2 N–H and O–H groups in total. The Bertz CT molecular complexity index is 312. The van der Waals surface area contributed by atoms with Gasteiger partial charge in [-0.25, -0.2) is 0 Å². The molecule has 1 aromatic rings.